The lowest BCUT2D eigenvalue weighted by atomic mass is 9.95. The summed E-state index contributed by atoms with van der Waals surface area (Å²) in [6.07, 6.45) is 3.11. The molecular formula is C25H20N4O5. The number of H-pyrrole nitrogens is 1. The third kappa shape index (κ3) is 3.25. The average molecular weight is 456 g/mol. The van der Waals surface area contributed by atoms with Crippen molar-refractivity contribution in [2.24, 2.45) is 0 Å². The molecule has 2 aromatic heterocycles. The van der Waals surface area contributed by atoms with E-state index in [0.717, 1.165) is 0 Å². The molecule has 1 atom stereocenters. The second-order valence-electron chi connectivity index (χ2n) is 7.56. The number of rotatable bonds is 5. The van der Waals surface area contributed by atoms with Crippen LogP contribution in [0.2, 0.25) is 0 Å². The molecule has 1 unspecified atom stereocenters. The van der Waals surface area contributed by atoms with Gasteiger partial charge in [-0.3, -0.25) is 19.5 Å². The van der Waals surface area contributed by atoms with Crippen molar-refractivity contribution < 1.29 is 24.2 Å². The van der Waals surface area contributed by atoms with E-state index in [1.54, 1.807) is 48.8 Å². The predicted octanol–water partition coefficient (Wildman–Crippen LogP) is 3.60. The molecule has 0 radical (unpaired) electrons. The van der Waals surface area contributed by atoms with Crippen molar-refractivity contribution in [3.63, 3.8) is 0 Å². The summed E-state index contributed by atoms with van der Waals surface area (Å²) < 4.78 is 10.8. The number of hydrogen-bond donors (Lipinski definition) is 2. The Kier molecular flexibility index (Phi) is 5.21. The summed E-state index contributed by atoms with van der Waals surface area (Å²) in [4.78, 5) is 39.6. The zero-order valence-electron chi connectivity index (χ0n) is 18.4. The van der Waals surface area contributed by atoms with E-state index in [-0.39, 0.29) is 17.1 Å². The van der Waals surface area contributed by atoms with Gasteiger partial charge in [0.05, 0.1) is 36.9 Å². The summed E-state index contributed by atoms with van der Waals surface area (Å²) >= 11 is 0. The van der Waals surface area contributed by atoms with Crippen LogP contribution in [-0.4, -0.2) is 46.0 Å². The van der Waals surface area contributed by atoms with E-state index in [1.165, 1.54) is 19.1 Å². The number of carbonyl (C=O) groups excluding carboxylic acids is 2. The third-order valence-corrected chi connectivity index (χ3v) is 5.74. The number of hydrogen-bond acceptors (Lipinski definition) is 7. The van der Waals surface area contributed by atoms with Gasteiger partial charge < -0.3 is 19.6 Å². The Labute approximate surface area is 194 Å². The maximum absolute atomic E-state index is 13.4. The summed E-state index contributed by atoms with van der Waals surface area (Å²) in [5.74, 6) is -1.31. The fourth-order valence-corrected chi connectivity index (χ4v) is 4.18. The largest absolute Gasteiger partial charge is 0.506 e. The van der Waals surface area contributed by atoms with Gasteiger partial charge >= 0.3 is 5.91 Å². The van der Waals surface area contributed by atoms with Gasteiger partial charge in [-0.2, -0.15) is 0 Å². The molecule has 0 aliphatic carbocycles. The highest BCUT2D eigenvalue weighted by molar-refractivity contribution is 6.51. The molecule has 1 amide bonds. The Morgan fingerprint density at radius 1 is 0.971 bits per heavy atom. The number of aromatic nitrogens is 3. The molecule has 3 heterocycles. The lowest BCUT2D eigenvalue weighted by Crippen LogP contribution is -2.30. The number of pyridine rings is 1. The quantitative estimate of drug-likeness (QED) is 0.268. The highest BCUT2D eigenvalue weighted by Gasteiger charge is 2.48. The Morgan fingerprint density at radius 3 is 2.29 bits per heavy atom. The second-order valence-corrected chi connectivity index (χ2v) is 7.56. The maximum atomic E-state index is 13.4. The number of aromatic amines is 1. The number of imidazole rings is 1. The molecule has 9 heteroatoms. The van der Waals surface area contributed by atoms with E-state index < -0.39 is 23.5 Å². The number of benzene rings is 2. The van der Waals surface area contributed by atoms with Crippen molar-refractivity contribution in [1.82, 2.24) is 15.0 Å². The number of ether oxygens (including phenoxy) is 2. The molecule has 1 aliphatic rings. The van der Waals surface area contributed by atoms with E-state index in [9.17, 15) is 14.7 Å². The van der Waals surface area contributed by atoms with Crippen molar-refractivity contribution in [1.29, 1.82) is 0 Å². The number of fused-ring (bicyclic) bond motifs is 1. The molecule has 0 spiro atoms. The smallest absolute Gasteiger partial charge is 0.302 e. The molecule has 2 aromatic carbocycles. The number of methoxy groups -OCH3 is 2. The minimum absolute atomic E-state index is 0.112. The van der Waals surface area contributed by atoms with Gasteiger partial charge in [0.15, 0.2) is 0 Å². The van der Waals surface area contributed by atoms with Crippen LogP contribution >= 0.6 is 0 Å². The van der Waals surface area contributed by atoms with Crippen molar-refractivity contribution in [3.05, 3.63) is 83.7 Å². The van der Waals surface area contributed by atoms with E-state index >= 15 is 0 Å². The van der Waals surface area contributed by atoms with Gasteiger partial charge in [0.25, 0.3) is 5.78 Å². The van der Waals surface area contributed by atoms with Crippen LogP contribution in [0.4, 0.5) is 5.95 Å². The number of para-hydroxylation sites is 2. The molecule has 2 N–H and O–H groups in total. The molecule has 1 aliphatic heterocycles. The average Bonchev–Trinajstić information content (AvgIpc) is 3.42. The van der Waals surface area contributed by atoms with E-state index in [1.807, 2.05) is 18.2 Å². The Balaban J connectivity index is 1.77. The van der Waals surface area contributed by atoms with Crippen LogP contribution in [-0.2, 0) is 9.59 Å². The molecule has 9 nitrogen and oxygen atoms in total. The van der Waals surface area contributed by atoms with Gasteiger partial charge in [-0.15, -0.1) is 0 Å². The van der Waals surface area contributed by atoms with Crippen LogP contribution in [0.15, 0.2) is 72.6 Å². The number of Topliss-reactive ketones (excluding diaryl/α,β-unsaturated/α-hetero) is 1. The van der Waals surface area contributed by atoms with Crippen molar-refractivity contribution >= 4 is 34.4 Å². The highest BCUT2D eigenvalue weighted by Crippen LogP contribution is 2.44. The molecule has 4 aromatic rings. The number of aliphatic hydroxyl groups is 1. The number of anilines is 1. The van der Waals surface area contributed by atoms with Gasteiger partial charge in [0.1, 0.15) is 22.8 Å². The zero-order valence-corrected chi connectivity index (χ0v) is 18.4. The van der Waals surface area contributed by atoms with E-state index in [2.05, 4.69) is 15.0 Å². The van der Waals surface area contributed by atoms with Crippen LogP contribution in [0.5, 0.6) is 11.5 Å². The fraction of sp³-hybridized carbons (Fsp3) is 0.120. The Hall–Kier alpha value is -4.66. The summed E-state index contributed by atoms with van der Waals surface area (Å²) in [5.41, 5.74) is 1.98. The van der Waals surface area contributed by atoms with Gasteiger partial charge in [-0.1, -0.05) is 18.2 Å². The highest BCUT2D eigenvalue weighted by atomic mass is 16.5. The van der Waals surface area contributed by atoms with Crippen LogP contribution in [0.1, 0.15) is 17.2 Å². The van der Waals surface area contributed by atoms with Crippen LogP contribution in [0, 0.1) is 0 Å². The number of carbonyl (C=O) groups is 2. The van der Waals surface area contributed by atoms with Crippen molar-refractivity contribution in [3.8, 4) is 11.5 Å². The molecule has 1 saturated heterocycles. The number of nitrogens with one attached hydrogen (secondary N) is 1. The molecule has 0 bridgehead atoms. The van der Waals surface area contributed by atoms with Gasteiger partial charge in [0, 0.05) is 12.4 Å². The number of ketones is 1. The standard InChI is InChI=1S/C25H20N4O5/c1-33-17-8-5-9-18(34-2)19(17)22(30)20-21(14-10-12-26-13-11-14)29(24(32)23(20)31)25-27-15-6-3-4-7-16(15)28-25/h3-13,21,30H,1-2H3,(H,27,28)/b22-20+. The normalized spacial score (nSPS) is 17.4. The van der Waals surface area contributed by atoms with Crippen molar-refractivity contribution in [2.45, 2.75) is 6.04 Å². The topological polar surface area (TPSA) is 118 Å². The lowest BCUT2D eigenvalue weighted by molar-refractivity contribution is -0.132. The van der Waals surface area contributed by atoms with Crippen LogP contribution in [0.25, 0.3) is 16.8 Å². The minimum atomic E-state index is -0.960. The van der Waals surface area contributed by atoms with Gasteiger partial charge in [-0.25, -0.2) is 4.98 Å². The van der Waals surface area contributed by atoms with Crippen LogP contribution < -0.4 is 14.4 Å². The molecule has 34 heavy (non-hydrogen) atoms. The fourth-order valence-electron chi connectivity index (χ4n) is 4.18. The zero-order chi connectivity index (χ0) is 23.8. The van der Waals surface area contributed by atoms with Crippen molar-refractivity contribution in [2.75, 3.05) is 19.1 Å². The lowest BCUT2D eigenvalue weighted by Gasteiger charge is -2.23. The molecule has 5 rings (SSSR count). The Bertz CT molecular complexity index is 1390. The second kappa shape index (κ2) is 8.36. The SMILES string of the molecule is COc1cccc(OC)c1/C(O)=C1\C(=O)C(=O)N(c2nc3ccccc3[nH]2)C1c1ccncc1. The summed E-state index contributed by atoms with van der Waals surface area (Å²) in [7, 11) is 2.89. The predicted molar refractivity (Wildman–Crippen MR) is 125 cm³/mol. The summed E-state index contributed by atoms with van der Waals surface area (Å²) in [6.45, 7) is 0. The first-order valence-electron chi connectivity index (χ1n) is 10.4. The third-order valence-electron chi connectivity index (χ3n) is 5.74. The molecule has 1 fully saturated rings. The Morgan fingerprint density at radius 2 is 1.65 bits per heavy atom. The monoisotopic (exact) mass is 456 g/mol. The number of aliphatic hydroxyl groups excluding tert-OH is 1. The van der Waals surface area contributed by atoms with Gasteiger partial charge in [0.2, 0.25) is 5.95 Å². The molecular weight excluding hydrogens is 436 g/mol. The minimum Gasteiger partial charge on any atom is -0.506 e. The van der Waals surface area contributed by atoms with Crippen LogP contribution in [0.3, 0.4) is 0 Å². The summed E-state index contributed by atoms with van der Waals surface area (Å²) in [6, 6.07) is 14.7. The first-order chi connectivity index (χ1) is 16.5. The first-order valence-corrected chi connectivity index (χ1v) is 10.4. The number of nitrogens with zero attached hydrogens (tertiary/aromatic N) is 3. The summed E-state index contributed by atoms with van der Waals surface area (Å²) in [5, 5.41) is 11.4. The molecule has 170 valence electrons. The maximum Gasteiger partial charge on any atom is 0.302 e. The van der Waals surface area contributed by atoms with E-state index in [0.29, 0.717) is 28.1 Å². The van der Waals surface area contributed by atoms with Gasteiger partial charge in [-0.05, 0) is 42.0 Å². The first kappa shape index (κ1) is 21.2. The number of amides is 1. The molecule has 0 saturated carbocycles. The van der Waals surface area contributed by atoms with E-state index in [4.69, 9.17) is 9.47 Å².